The molecular formula is C25H34N2O3. The molecule has 2 aromatic rings. The number of benzene rings is 2. The van der Waals surface area contributed by atoms with E-state index in [-0.39, 0.29) is 12.0 Å². The molecule has 0 spiro atoms. The van der Waals surface area contributed by atoms with Crippen LogP contribution in [0, 0.1) is 0 Å². The van der Waals surface area contributed by atoms with E-state index in [9.17, 15) is 4.79 Å². The Balaban J connectivity index is 1.33. The monoisotopic (exact) mass is 410 g/mol. The van der Waals surface area contributed by atoms with Crippen LogP contribution >= 0.6 is 0 Å². The van der Waals surface area contributed by atoms with Crippen molar-refractivity contribution in [1.82, 2.24) is 9.80 Å². The average Bonchev–Trinajstić information content (AvgIpc) is 2.81. The number of carbonyl (C=O) groups excluding carboxylic acids is 1. The SMILES string of the molecule is COC1CCCN(C(=O)c2ccc3cc(OCCCN4CCCCC4)ccc3c2)C1. The van der Waals surface area contributed by atoms with E-state index in [4.69, 9.17) is 9.47 Å². The van der Waals surface area contributed by atoms with Gasteiger partial charge in [-0.2, -0.15) is 0 Å². The lowest BCUT2D eigenvalue weighted by Crippen LogP contribution is -2.42. The Labute approximate surface area is 179 Å². The summed E-state index contributed by atoms with van der Waals surface area (Å²) in [6, 6.07) is 12.1. The van der Waals surface area contributed by atoms with Gasteiger partial charge in [-0.15, -0.1) is 0 Å². The van der Waals surface area contributed by atoms with E-state index < -0.39 is 0 Å². The van der Waals surface area contributed by atoms with Crippen LogP contribution in [-0.2, 0) is 4.74 Å². The average molecular weight is 411 g/mol. The van der Waals surface area contributed by atoms with E-state index in [0.717, 1.165) is 61.0 Å². The van der Waals surface area contributed by atoms with Crippen molar-refractivity contribution in [2.45, 2.75) is 44.6 Å². The summed E-state index contributed by atoms with van der Waals surface area (Å²) in [7, 11) is 1.72. The van der Waals surface area contributed by atoms with Crippen molar-refractivity contribution in [3.8, 4) is 5.75 Å². The van der Waals surface area contributed by atoms with E-state index >= 15 is 0 Å². The van der Waals surface area contributed by atoms with Gasteiger partial charge in [-0.25, -0.2) is 0 Å². The second-order valence-electron chi connectivity index (χ2n) is 8.58. The standard InChI is InChI=1S/C25H34N2O3/c1-29-24-7-5-15-27(19-24)25(28)22-9-8-21-18-23(11-10-20(21)17-22)30-16-6-14-26-12-3-2-4-13-26/h8-11,17-18,24H,2-7,12-16,19H2,1H3. The first kappa shape index (κ1) is 21.1. The number of piperidine rings is 2. The van der Waals surface area contributed by atoms with Gasteiger partial charge in [0.05, 0.1) is 12.7 Å². The Hall–Kier alpha value is -2.11. The van der Waals surface area contributed by atoms with Crippen molar-refractivity contribution in [1.29, 1.82) is 0 Å². The number of likely N-dealkylation sites (tertiary alicyclic amines) is 2. The molecule has 5 nitrogen and oxygen atoms in total. The van der Waals surface area contributed by atoms with Crippen molar-refractivity contribution in [3.63, 3.8) is 0 Å². The lowest BCUT2D eigenvalue weighted by Gasteiger charge is -2.32. The topological polar surface area (TPSA) is 42.0 Å². The van der Waals surface area contributed by atoms with Crippen molar-refractivity contribution in [2.24, 2.45) is 0 Å². The number of methoxy groups -OCH3 is 1. The molecule has 162 valence electrons. The predicted molar refractivity (Wildman–Crippen MR) is 120 cm³/mol. The molecule has 5 heteroatoms. The molecule has 1 amide bonds. The van der Waals surface area contributed by atoms with Crippen molar-refractivity contribution in [3.05, 3.63) is 42.0 Å². The van der Waals surface area contributed by atoms with E-state index in [0.29, 0.717) is 6.54 Å². The molecule has 0 aliphatic carbocycles. The highest BCUT2D eigenvalue weighted by Crippen LogP contribution is 2.24. The molecule has 0 radical (unpaired) electrons. The summed E-state index contributed by atoms with van der Waals surface area (Å²) in [5.41, 5.74) is 0.745. The predicted octanol–water partition coefficient (Wildman–Crippen LogP) is 4.35. The summed E-state index contributed by atoms with van der Waals surface area (Å²) in [4.78, 5) is 17.4. The van der Waals surface area contributed by atoms with Gasteiger partial charge in [0.1, 0.15) is 5.75 Å². The van der Waals surface area contributed by atoms with Crippen LogP contribution in [0.3, 0.4) is 0 Å². The fourth-order valence-electron chi connectivity index (χ4n) is 4.61. The van der Waals surface area contributed by atoms with Crippen molar-refractivity contribution in [2.75, 3.05) is 46.4 Å². The second kappa shape index (κ2) is 10.3. The summed E-state index contributed by atoms with van der Waals surface area (Å²) in [5.74, 6) is 0.996. The van der Waals surface area contributed by atoms with Crippen LogP contribution in [0.5, 0.6) is 5.75 Å². The fourth-order valence-corrected chi connectivity index (χ4v) is 4.61. The van der Waals surface area contributed by atoms with Gasteiger partial charge >= 0.3 is 0 Å². The Bertz CT molecular complexity index is 847. The van der Waals surface area contributed by atoms with Gasteiger partial charge in [-0.3, -0.25) is 4.79 Å². The molecule has 30 heavy (non-hydrogen) atoms. The molecule has 2 aliphatic rings. The fraction of sp³-hybridized carbons (Fsp3) is 0.560. The van der Waals surface area contributed by atoms with E-state index in [1.54, 1.807) is 7.11 Å². The van der Waals surface area contributed by atoms with Gasteiger partial charge in [0.15, 0.2) is 0 Å². The molecule has 1 unspecified atom stereocenters. The van der Waals surface area contributed by atoms with Crippen LogP contribution in [0.4, 0.5) is 0 Å². The van der Waals surface area contributed by atoms with Gasteiger partial charge in [0.2, 0.25) is 0 Å². The smallest absolute Gasteiger partial charge is 0.253 e. The molecule has 0 bridgehead atoms. The largest absolute Gasteiger partial charge is 0.494 e. The Morgan fingerprint density at radius 3 is 2.63 bits per heavy atom. The highest BCUT2D eigenvalue weighted by molar-refractivity contribution is 5.98. The van der Waals surface area contributed by atoms with Gasteiger partial charge in [-0.1, -0.05) is 18.6 Å². The minimum Gasteiger partial charge on any atom is -0.494 e. The minimum atomic E-state index is 0.0942. The maximum Gasteiger partial charge on any atom is 0.253 e. The third-order valence-corrected chi connectivity index (χ3v) is 6.39. The zero-order valence-corrected chi connectivity index (χ0v) is 18.1. The van der Waals surface area contributed by atoms with Gasteiger partial charge in [-0.05, 0) is 80.2 Å². The highest BCUT2D eigenvalue weighted by atomic mass is 16.5. The Morgan fingerprint density at radius 1 is 1.00 bits per heavy atom. The van der Waals surface area contributed by atoms with Crippen molar-refractivity contribution >= 4 is 16.7 Å². The maximum absolute atomic E-state index is 12.9. The minimum absolute atomic E-state index is 0.0942. The first-order chi connectivity index (χ1) is 14.7. The molecule has 2 saturated heterocycles. The third-order valence-electron chi connectivity index (χ3n) is 6.39. The molecule has 0 N–H and O–H groups in total. The molecule has 0 saturated carbocycles. The quantitative estimate of drug-likeness (QED) is 0.637. The van der Waals surface area contributed by atoms with Gasteiger partial charge in [0.25, 0.3) is 5.91 Å². The summed E-state index contributed by atoms with van der Waals surface area (Å²) < 4.78 is 11.4. The molecule has 1 atom stereocenters. The van der Waals surface area contributed by atoms with Crippen LogP contribution in [0.1, 0.15) is 48.9 Å². The number of rotatable bonds is 7. The number of carbonyl (C=O) groups is 1. The highest BCUT2D eigenvalue weighted by Gasteiger charge is 2.24. The summed E-state index contributed by atoms with van der Waals surface area (Å²) in [5, 5.41) is 2.18. The molecule has 0 aromatic heterocycles. The van der Waals surface area contributed by atoms with E-state index in [1.165, 1.54) is 32.4 Å². The molecule has 2 fully saturated rings. The lowest BCUT2D eigenvalue weighted by molar-refractivity contribution is 0.0269. The summed E-state index contributed by atoms with van der Waals surface area (Å²) in [6.07, 6.45) is 7.28. The number of hydrogen-bond donors (Lipinski definition) is 0. The van der Waals surface area contributed by atoms with Crippen LogP contribution < -0.4 is 4.74 Å². The Morgan fingerprint density at radius 2 is 1.80 bits per heavy atom. The first-order valence-corrected chi connectivity index (χ1v) is 11.4. The third kappa shape index (κ3) is 5.32. The number of hydrogen-bond acceptors (Lipinski definition) is 4. The molecule has 2 heterocycles. The number of amides is 1. The van der Waals surface area contributed by atoms with Crippen LogP contribution in [0.2, 0.25) is 0 Å². The summed E-state index contributed by atoms with van der Waals surface area (Å²) in [6.45, 7) is 5.83. The van der Waals surface area contributed by atoms with E-state index in [2.05, 4.69) is 17.0 Å². The first-order valence-electron chi connectivity index (χ1n) is 11.4. The number of nitrogens with zero attached hydrogens (tertiary/aromatic N) is 2. The normalized spacial score (nSPS) is 20.4. The van der Waals surface area contributed by atoms with Crippen LogP contribution in [0.15, 0.2) is 36.4 Å². The molecular weight excluding hydrogens is 376 g/mol. The number of ether oxygens (including phenoxy) is 2. The van der Waals surface area contributed by atoms with Gasteiger partial charge < -0.3 is 19.3 Å². The lowest BCUT2D eigenvalue weighted by atomic mass is 10.0. The van der Waals surface area contributed by atoms with Crippen LogP contribution in [0.25, 0.3) is 10.8 Å². The molecule has 2 aliphatic heterocycles. The maximum atomic E-state index is 12.9. The molecule has 4 rings (SSSR count). The Kier molecular flexibility index (Phi) is 7.24. The van der Waals surface area contributed by atoms with E-state index in [1.807, 2.05) is 29.2 Å². The summed E-state index contributed by atoms with van der Waals surface area (Å²) >= 11 is 0. The van der Waals surface area contributed by atoms with Gasteiger partial charge in [0, 0.05) is 32.3 Å². The van der Waals surface area contributed by atoms with Crippen LogP contribution in [-0.4, -0.2) is 68.3 Å². The zero-order chi connectivity index (χ0) is 20.8. The van der Waals surface area contributed by atoms with Crippen molar-refractivity contribution < 1.29 is 14.3 Å². The second-order valence-corrected chi connectivity index (χ2v) is 8.58. The molecule has 2 aromatic carbocycles. The number of fused-ring (bicyclic) bond motifs is 1. The zero-order valence-electron chi connectivity index (χ0n) is 18.1.